The molecule has 1 rings (SSSR count). The van der Waals surface area contributed by atoms with Crippen molar-refractivity contribution < 1.29 is 19.2 Å². The molecule has 2 atom stereocenters. The van der Waals surface area contributed by atoms with E-state index in [0.717, 1.165) is 0 Å². The topological polar surface area (TPSA) is 130 Å². The molecule has 8 heteroatoms. The molecule has 0 bridgehead atoms. The van der Waals surface area contributed by atoms with Crippen molar-refractivity contribution in [2.75, 3.05) is 19.6 Å². The number of hydrogen-bond donors (Lipinski definition) is 4. The minimum atomic E-state index is -0.851. The highest BCUT2D eigenvalue weighted by molar-refractivity contribution is 5.97. The maximum Gasteiger partial charge on any atom is 0.229 e. The Hall–Kier alpha value is -1.80. The van der Waals surface area contributed by atoms with Gasteiger partial charge < -0.3 is 21.2 Å². The van der Waals surface area contributed by atoms with E-state index in [0.29, 0.717) is 6.29 Å². The highest BCUT2D eigenvalue weighted by Gasteiger charge is 2.19. The van der Waals surface area contributed by atoms with E-state index in [1.807, 2.05) is 0 Å². The summed E-state index contributed by atoms with van der Waals surface area (Å²) in [6.45, 7) is -0.0904. The molecule has 0 aromatic rings. The van der Waals surface area contributed by atoms with Crippen LogP contribution in [0.1, 0.15) is 6.42 Å². The lowest BCUT2D eigenvalue weighted by molar-refractivity contribution is -0.129. The fraction of sp³-hybridized carbons (Fsp3) is 0.600. The molecule has 0 aromatic heterocycles. The summed E-state index contributed by atoms with van der Waals surface area (Å²) in [6.07, 6.45) is 0.234. The second-order valence-corrected chi connectivity index (χ2v) is 3.98. The summed E-state index contributed by atoms with van der Waals surface area (Å²) in [5, 5.41) is 7.49. The van der Waals surface area contributed by atoms with E-state index in [1.54, 1.807) is 0 Å². The Kier molecular flexibility index (Phi) is 5.40. The molecule has 1 aliphatic rings. The third-order valence-corrected chi connectivity index (χ3v) is 2.48. The first-order valence-electron chi connectivity index (χ1n) is 5.53. The Morgan fingerprint density at radius 1 is 1.11 bits per heavy atom. The fourth-order valence-electron chi connectivity index (χ4n) is 1.36. The second-order valence-electron chi connectivity index (χ2n) is 3.98. The molecule has 0 saturated carbocycles. The molecule has 0 spiro atoms. The third-order valence-electron chi connectivity index (χ3n) is 2.48. The lowest BCUT2D eigenvalue weighted by Crippen LogP contribution is -2.51. The third kappa shape index (κ3) is 4.60. The van der Waals surface area contributed by atoms with Crippen LogP contribution in [0.15, 0.2) is 0 Å². The number of amides is 2. The zero-order valence-electron chi connectivity index (χ0n) is 9.77. The fourth-order valence-corrected chi connectivity index (χ4v) is 1.36. The molecule has 0 radical (unpaired) electrons. The van der Waals surface area contributed by atoms with Crippen LogP contribution in [0.2, 0.25) is 0 Å². The van der Waals surface area contributed by atoms with Gasteiger partial charge in [-0.3, -0.25) is 19.7 Å². The molecule has 2 amide bonds. The van der Waals surface area contributed by atoms with Crippen LogP contribution in [-0.4, -0.2) is 55.6 Å². The Bertz CT molecular complexity index is 352. The van der Waals surface area contributed by atoms with Crippen molar-refractivity contribution >= 4 is 23.9 Å². The number of Topliss-reactive ketones (excluding diaryl/α,β-unsaturated/α-hetero) is 1. The molecule has 5 N–H and O–H groups in total. The molecule has 1 saturated heterocycles. The Balaban J connectivity index is 2.66. The summed E-state index contributed by atoms with van der Waals surface area (Å²) in [7, 11) is 0. The average molecular weight is 256 g/mol. The van der Waals surface area contributed by atoms with Gasteiger partial charge in [-0.1, -0.05) is 0 Å². The summed E-state index contributed by atoms with van der Waals surface area (Å²) in [5.41, 5.74) is 5.55. The second kappa shape index (κ2) is 6.82. The first-order chi connectivity index (χ1) is 8.52. The number of aldehydes is 1. The van der Waals surface area contributed by atoms with Crippen molar-refractivity contribution in [2.45, 2.75) is 18.5 Å². The van der Waals surface area contributed by atoms with E-state index < -0.39 is 23.9 Å². The van der Waals surface area contributed by atoms with Crippen LogP contribution in [0, 0.1) is 0 Å². The molecular weight excluding hydrogens is 240 g/mol. The van der Waals surface area contributed by atoms with E-state index in [2.05, 4.69) is 16.0 Å². The predicted molar refractivity (Wildman–Crippen MR) is 61.5 cm³/mol. The zero-order chi connectivity index (χ0) is 13.5. The van der Waals surface area contributed by atoms with Crippen LogP contribution < -0.4 is 21.7 Å². The highest BCUT2D eigenvalue weighted by Crippen LogP contribution is 1.88. The van der Waals surface area contributed by atoms with Gasteiger partial charge in [0.1, 0.15) is 12.7 Å². The SMILES string of the molecule is NC1CNC(=O)CC(=O)NCC(C=O)NCC1=O. The number of rotatable bonds is 1. The van der Waals surface area contributed by atoms with Gasteiger partial charge >= 0.3 is 0 Å². The standard InChI is InChI=1S/C10H16N4O4/c11-7-3-14-10(18)1-9(17)13-2-6(5-15)12-4-8(7)16/h5-7,12H,1-4,11H2,(H,13,17)(H,14,18). The van der Waals surface area contributed by atoms with Gasteiger partial charge in [0.25, 0.3) is 0 Å². The number of hydrogen-bond acceptors (Lipinski definition) is 6. The van der Waals surface area contributed by atoms with E-state index in [1.165, 1.54) is 0 Å². The van der Waals surface area contributed by atoms with Crippen molar-refractivity contribution in [2.24, 2.45) is 5.73 Å². The summed E-state index contributed by atoms with van der Waals surface area (Å²) in [4.78, 5) is 44.8. The van der Waals surface area contributed by atoms with E-state index >= 15 is 0 Å². The number of nitrogens with two attached hydrogens (primary N) is 1. The molecule has 2 unspecified atom stereocenters. The summed E-state index contributed by atoms with van der Waals surface area (Å²) in [5.74, 6) is -1.30. The zero-order valence-corrected chi connectivity index (χ0v) is 9.77. The van der Waals surface area contributed by atoms with Crippen molar-refractivity contribution in [1.82, 2.24) is 16.0 Å². The molecule has 8 nitrogen and oxygen atoms in total. The normalized spacial score (nSPS) is 27.5. The van der Waals surface area contributed by atoms with E-state index in [9.17, 15) is 19.2 Å². The van der Waals surface area contributed by atoms with Crippen LogP contribution in [0.5, 0.6) is 0 Å². The van der Waals surface area contributed by atoms with Crippen LogP contribution in [0.4, 0.5) is 0 Å². The molecule has 100 valence electrons. The lowest BCUT2D eigenvalue weighted by Gasteiger charge is -2.17. The van der Waals surface area contributed by atoms with Crippen LogP contribution >= 0.6 is 0 Å². The smallest absolute Gasteiger partial charge is 0.229 e. The van der Waals surface area contributed by atoms with Gasteiger partial charge in [0.2, 0.25) is 11.8 Å². The van der Waals surface area contributed by atoms with Gasteiger partial charge in [-0.15, -0.1) is 0 Å². The number of carbonyl (C=O) groups is 4. The Morgan fingerprint density at radius 2 is 1.72 bits per heavy atom. The predicted octanol–water partition coefficient (Wildman–Crippen LogP) is -3.32. The maximum atomic E-state index is 11.5. The summed E-state index contributed by atoms with van der Waals surface area (Å²) in [6, 6.07) is -1.52. The number of nitrogens with one attached hydrogen (secondary N) is 3. The molecule has 18 heavy (non-hydrogen) atoms. The summed E-state index contributed by atoms with van der Waals surface area (Å²) < 4.78 is 0. The van der Waals surface area contributed by atoms with Crippen molar-refractivity contribution in [3.8, 4) is 0 Å². The monoisotopic (exact) mass is 256 g/mol. The van der Waals surface area contributed by atoms with Crippen LogP contribution in [0.3, 0.4) is 0 Å². The minimum absolute atomic E-state index is 0.0259. The first kappa shape index (κ1) is 14.3. The van der Waals surface area contributed by atoms with Crippen LogP contribution in [0.25, 0.3) is 0 Å². The molecule has 0 aromatic carbocycles. The average Bonchev–Trinajstić information content (AvgIpc) is 2.34. The summed E-state index contributed by atoms with van der Waals surface area (Å²) >= 11 is 0. The lowest BCUT2D eigenvalue weighted by atomic mass is 10.1. The largest absolute Gasteiger partial charge is 0.354 e. The Labute approximate surface area is 104 Å². The molecule has 1 fully saturated rings. The van der Waals surface area contributed by atoms with Crippen molar-refractivity contribution in [3.05, 3.63) is 0 Å². The molecule has 1 heterocycles. The van der Waals surface area contributed by atoms with Gasteiger partial charge in [-0.05, 0) is 0 Å². The van der Waals surface area contributed by atoms with Gasteiger partial charge in [-0.2, -0.15) is 0 Å². The van der Waals surface area contributed by atoms with E-state index in [-0.39, 0.29) is 31.8 Å². The Morgan fingerprint density at radius 3 is 2.33 bits per heavy atom. The van der Waals surface area contributed by atoms with Gasteiger partial charge in [0.05, 0.1) is 18.6 Å². The van der Waals surface area contributed by atoms with Crippen molar-refractivity contribution in [1.29, 1.82) is 0 Å². The maximum absolute atomic E-state index is 11.5. The molecule has 1 aliphatic heterocycles. The minimum Gasteiger partial charge on any atom is -0.354 e. The van der Waals surface area contributed by atoms with Crippen molar-refractivity contribution in [3.63, 3.8) is 0 Å². The quantitative estimate of drug-likeness (QED) is 0.287. The molecular formula is C10H16N4O4. The van der Waals surface area contributed by atoms with Gasteiger partial charge in [-0.25, -0.2) is 0 Å². The number of carbonyl (C=O) groups excluding carboxylic acids is 4. The highest BCUT2D eigenvalue weighted by atomic mass is 16.2. The van der Waals surface area contributed by atoms with Crippen LogP contribution in [-0.2, 0) is 19.2 Å². The number of ketones is 1. The van der Waals surface area contributed by atoms with E-state index in [4.69, 9.17) is 5.73 Å². The first-order valence-corrected chi connectivity index (χ1v) is 5.53. The molecule has 0 aliphatic carbocycles. The van der Waals surface area contributed by atoms with Gasteiger partial charge in [0.15, 0.2) is 5.78 Å². The van der Waals surface area contributed by atoms with Gasteiger partial charge in [0, 0.05) is 13.1 Å².